The van der Waals surface area contributed by atoms with Crippen LogP contribution in [0.1, 0.15) is 23.2 Å². The average Bonchev–Trinajstić information content (AvgIpc) is 2.54. The summed E-state index contributed by atoms with van der Waals surface area (Å²) in [6.45, 7) is 2.51. The molecule has 1 aliphatic heterocycles. The second-order valence-electron chi connectivity index (χ2n) is 5.35. The Balaban J connectivity index is 2.23. The Hall–Kier alpha value is -1.75. The average molecular weight is 292 g/mol. The fourth-order valence-electron chi connectivity index (χ4n) is 2.92. The van der Waals surface area contributed by atoms with Crippen molar-refractivity contribution in [2.24, 2.45) is 5.92 Å². The fourth-order valence-corrected chi connectivity index (χ4v) is 2.92. The van der Waals surface area contributed by atoms with E-state index in [9.17, 15) is 4.79 Å². The molecule has 116 valence electrons. The van der Waals surface area contributed by atoms with E-state index in [1.807, 2.05) is 18.0 Å². The molecule has 1 aromatic carbocycles. The smallest absolute Gasteiger partial charge is 0.261 e. The van der Waals surface area contributed by atoms with Crippen molar-refractivity contribution in [1.82, 2.24) is 10.2 Å². The van der Waals surface area contributed by atoms with Gasteiger partial charge in [-0.05, 0) is 44.5 Å². The minimum absolute atomic E-state index is 0.00916. The monoisotopic (exact) mass is 292 g/mol. The first kappa shape index (κ1) is 15.6. The van der Waals surface area contributed by atoms with Crippen LogP contribution in [0.4, 0.5) is 0 Å². The van der Waals surface area contributed by atoms with E-state index in [0.29, 0.717) is 23.0 Å². The van der Waals surface area contributed by atoms with Gasteiger partial charge in [0.25, 0.3) is 5.91 Å². The molecule has 1 fully saturated rings. The van der Waals surface area contributed by atoms with Gasteiger partial charge in [0.2, 0.25) is 0 Å². The normalized spacial score (nSPS) is 18.4. The van der Waals surface area contributed by atoms with E-state index in [2.05, 4.69) is 5.32 Å². The van der Waals surface area contributed by atoms with Crippen molar-refractivity contribution in [1.29, 1.82) is 0 Å². The number of methoxy groups -OCH3 is 2. The predicted octanol–water partition coefficient (Wildman–Crippen LogP) is 1.78. The van der Waals surface area contributed by atoms with Crippen molar-refractivity contribution in [3.05, 3.63) is 23.8 Å². The number of amides is 1. The van der Waals surface area contributed by atoms with E-state index in [-0.39, 0.29) is 5.91 Å². The number of carbonyl (C=O) groups excluding carboxylic acids is 1. The van der Waals surface area contributed by atoms with Crippen molar-refractivity contribution in [2.75, 3.05) is 40.9 Å². The highest BCUT2D eigenvalue weighted by molar-refractivity contribution is 5.99. The lowest BCUT2D eigenvalue weighted by Gasteiger charge is -2.33. The zero-order chi connectivity index (χ0) is 15.2. The molecule has 1 amide bonds. The van der Waals surface area contributed by atoms with Crippen LogP contribution in [0.2, 0.25) is 0 Å². The van der Waals surface area contributed by atoms with Gasteiger partial charge in [0.1, 0.15) is 17.1 Å². The van der Waals surface area contributed by atoms with Crippen LogP contribution < -0.4 is 14.8 Å². The van der Waals surface area contributed by atoms with E-state index < -0.39 is 0 Å². The second kappa shape index (κ2) is 7.31. The van der Waals surface area contributed by atoms with Crippen LogP contribution in [0.3, 0.4) is 0 Å². The molecule has 1 atom stereocenters. The summed E-state index contributed by atoms with van der Waals surface area (Å²) in [7, 11) is 5.10. The number of piperidine rings is 1. The lowest BCUT2D eigenvalue weighted by molar-refractivity contribution is 0.0667. The number of nitrogens with one attached hydrogen (secondary N) is 1. The van der Waals surface area contributed by atoms with Gasteiger partial charge in [-0.15, -0.1) is 0 Å². The molecule has 1 heterocycles. The van der Waals surface area contributed by atoms with E-state index in [1.54, 1.807) is 26.4 Å². The van der Waals surface area contributed by atoms with Gasteiger partial charge >= 0.3 is 0 Å². The molecule has 0 saturated carbocycles. The Kier molecular flexibility index (Phi) is 5.44. The molecule has 1 N–H and O–H groups in total. The van der Waals surface area contributed by atoms with Gasteiger partial charge in [0.15, 0.2) is 0 Å². The maximum atomic E-state index is 12.9. The highest BCUT2D eigenvalue weighted by atomic mass is 16.5. The largest absolute Gasteiger partial charge is 0.496 e. The molecular formula is C16H24N2O3. The Bertz CT molecular complexity index is 466. The molecule has 1 unspecified atom stereocenters. The molecule has 5 nitrogen and oxygen atoms in total. The molecule has 0 spiro atoms. The molecule has 0 aliphatic carbocycles. The third-order valence-electron chi connectivity index (χ3n) is 3.94. The van der Waals surface area contributed by atoms with E-state index in [4.69, 9.17) is 9.47 Å². The summed E-state index contributed by atoms with van der Waals surface area (Å²) in [6, 6.07) is 5.42. The zero-order valence-electron chi connectivity index (χ0n) is 13.0. The SMILES string of the molecule is CNCC1CCCN(C(=O)c2c(OC)cccc2OC)C1. The maximum Gasteiger partial charge on any atom is 0.261 e. The minimum Gasteiger partial charge on any atom is -0.496 e. The highest BCUT2D eigenvalue weighted by Gasteiger charge is 2.28. The van der Waals surface area contributed by atoms with E-state index in [0.717, 1.165) is 32.5 Å². The number of hydrogen-bond acceptors (Lipinski definition) is 4. The maximum absolute atomic E-state index is 12.9. The van der Waals surface area contributed by atoms with Crippen molar-refractivity contribution in [3.63, 3.8) is 0 Å². The van der Waals surface area contributed by atoms with Crippen LogP contribution in [-0.2, 0) is 0 Å². The number of hydrogen-bond donors (Lipinski definition) is 1. The Morgan fingerprint density at radius 2 is 2.00 bits per heavy atom. The first-order valence-corrected chi connectivity index (χ1v) is 7.36. The summed E-state index contributed by atoms with van der Waals surface area (Å²) in [5.41, 5.74) is 0.521. The zero-order valence-corrected chi connectivity index (χ0v) is 13.0. The van der Waals surface area contributed by atoms with Gasteiger partial charge in [-0.2, -0.15) is 0 Å². The molecule has 1 aromatic rings. The third kappa shape index (κ3) is 3.47. The first-order valence-electron chi connectivity index (χ1n) is 7.36. The molecule has 1 saturated heterocycles. The summed E-state index contributed by atoms with van der Waals surface area (Å²) in [5.74, 6) is 1.63. The number of likely N-dealkylation sites (tertiary alicyclic amines) is 1. The van der Waals surface area contributed by atoms with E-state index in [1.165, 1.54) is 0 Å². The molecule has 0 radical (unpaired) electrons. The van der Waals surface area contributed by atoms with Crippen molar-refractivity contribution in [2.45, 2.75) is 12.8 Å². The Labute approximate surface area is 126 Å². The lowest BCUT2D eigenvalue weighted by Crippen LogP contribution is -2.42. The standard InChI is InChI=1S/C16H24N2O3/c1-17-10-12-6-5-9-18(11-12)16(19)15-13(20-2)7-4-8-14(15)21-3/h4,7-8,12,17H,5-6,9-11H2,1-3H3. The molecule has 1 aliphatic rings. The Morgan fingerprint density at radius 1 is 1.33 bits per heavy atom. The first-order chi connectivity index (χ1) is 10.2. The summed E-state index contributed by atoms with van der Waals surface area (Å²) < 4.78 is 10.7. The number of carbonyl (C=O) groups is 1. The fraction of sp³-hybridized carbons (Fsp3) is 0.562. The second-order valence-corrected chi connectivity index (χ2v) is 5.35. The topological polar surface area (TPSA) is 50.8 Å². The summed E-state index contributed by atoms with van der Waals surface area (Å²) in [4.78, 5) is 14.8. The van der Waals surface area contributed by atoms with Crippen molar-refractivity contribution >= 4 is 5.91 Å². The van der Waals surface area contributed by atoms with Crippen LogP contribution in [0.5, 0.6) is 11.5 Å². The Morgan fingerprint density at radius 3 is 2.57 bits per heavy atom. The van der Waals surface area contributed by atoms with Gasteiger partial charge in [-0.1, -0.05) is 6.07 Å². The molecule has 21 heavy (non-hydrogen) atoms. The van der Waals surface area contributed by atoms with Crippen LogP contribution in [-0.4, -0.2) is 51.7 Å². The molecule has 0 bridgehead atoms. The van der Waals surface area contributed by atoms with Crippen LogP contribution in [0.25, 0.3) is 0 Å². The summed E-state index contributed by atoms with van der Waals surface area (Å²) >= 11 is 0. The van der Waals surface area contributed by atoms with Gasteiger partial charge in [-0.25, -0.2) is 0 Å². The summed E-state index contributed by atoms with van der Waals surface area (Å²) in [6.07, 6.45) is 2.20. The number of nitrogens with zero attached hydrogens (tertiary/aromatic N) is 1. The van der Waals surface area contributed by atoms with Crippen molar-refractivity contribution in [3.8, 4) is 11.5 Å². The van der Waals surface area contributed by atoms with Crippen LogP contribution in [0, 0.1) is 5.92 Å². The van der Waals surface area contributed by atoms with Gasteiger partial charge < -0.3 is 19.7 Å². The molecule has 5 heteroatoms. The quantitative estimate of drug-likeness (QED) is 0.899. The third-order valence-corrected chi connectivity index (χ3v) is 3.94. The van der Waals surface area contributed by atoms with Gasteiger partial charge in [-0.3, -0.25) is 4.79 Å². The molecule has 0 aromatic heterocycles. The van der Waals surface area contributed by atoms with Crippen LogP contribution in [0.15, 0.2) is 18.2 Å². The molecule has 2 rings (SSSR count). The van der Waals surface area contributed by atoms with Gasteiger partial charge in [0, 0.05) is 13.1 Å². The highest BCUT2D eigenvalue weighted by Crippen LogP contribution is 2.30. The van der Waals surface area contributed by atoms with E-state index >= 15 is 0 Å². The summed E-state index contributed by atoms with van der Waals surface area (Å²) in [5, 5.41) is 3.19. The lowest BCUT2D eigenvalue weighted by atomic mass is 9.97. The van der Waals surface area contributed by atoms with Crippen molar-refractivity contribution < 1.29 is 14.3 Å². The minimum atomic E-state index is -0.00916. The number of benzene rings is 1. The number of rotatable bonds is 5. The van der Waals surface area contributed by atoms with Crippen LogP contribution >= 0.6 is 0 Å². The predicted molar refractivity (Wildman–Crippen MR) is 82.1 cm³/mol. The number of ether oxygens (including phenoxy) is 2. The van der Waals surface area contributed by atoms with Gasteiger partial charge in [0.05, 0.1) is 14.2 Å². The molecular weight excluding hydrogens is 268 g/mol.